The van der Waals surface area contributed by atoms with Crippen LogP contribution in [-0.2, 0) is 4.74 Å². The number of thioether (sulfide) groups is 1. The molecule has 0 aromatic heterocycles. The largest absolute Gasteiger partial charge is 0.513 e. The summed E-state index contributed by atoms with van der Waals surface area (Å²) in [5.74, 6) is 0.522. The summed E-state index contributed by atoms with van der Waals surface area (Å²) >= 11 is 1.64. The third kappa shape index (κ3) is 3.20. The molecule has 0 saturated carbocycles. The molecule has 0 N–H and O–H groups in total. The molecule has 26 heavy (non-hydrogen) atoms. The lowest BCUT2D eigenvalue weighted by Gasteiger charge is -2.14. The van der Waals surface area contributed by atoms with Gasteiger partial charge >= 0.3 is 6.16 Å². The van der Waals surface area contributed by atoms with E-state index < -0.39 is 6.16 Å². The number of rotatable bonds is 4. The molecule has 0 aliphatic heterocycles. The Balaban J connectivity index is 1.46. The summed E-state index contributed by atoms with van der Waals surface area (Å²) in [5.41, 5.74) is 4.78. The smallest absolute Gasteiger partial charge is 0.433 e. The van der Waals surface area contributed by atoms with Gasteiger partial charge in [0.15, 0.2) is 0 Å². The number of carbonyl (C=O) groups is 1. The Kier molecular flexibility index (Phi) is 4.67. The van der Waals surface area contributed by atoms with Crippen LogP contribution in [-0.4, -0.2) is 19.0 Å². The van der Waals surface area contributed by atoms with E-state index in [1.165, 1.54) is 22.3 Å². The van der Waals surface area contributed by atoms with Gasteiger partial charge in [-0.05, 0) is 52.8 Å². The van der Waals surface area contributed by atoms with E-state index in [9.17, 15) is 4.79 Å². The molecule has 0 heterocycles. The molecule has 3 nitrogen and oxygen atoms in total. The van der Waals surface area contributed by atoms with Gasteiger partial charge in [-0.2, -0.15) is 0 Å². The second-order valence-corrected chi connectivity index (χ2v) is 6.95. The standard InChI is InChI=1S/C22H18O3S/c1-26-16-12-10-15(11-13-16)25-22(23)24-14-21-19-8-4-2-6-17(19)18-7-3-5-9-20(18)21/h2-13,21H,14H2,1H3. The second-order valence-electron chi connectivity index (χ2n) is 6.07. The van der Waals surface area contributed by atoms with Crippen molar-refractivity contribution in [1.82, 2.24) is 0 Å². The van der Waals surface area contributed by atoms with Crippen molar-refractivity contribution in [2.45, 2.75) is 10.8 Å². The zero-order valence-electron chi connectivity index (χ0n) is 14.3. The van der Waals surface area contributed by atoms with Crippen molar-refractivity contribution in [3.63, 3.8) is 0 Å². The van der Waals surface area contributed by atoms with E-state index in [4.69, 9.17) is 9.47 Å². The number of carbonyl (C=O) groups excluding carboxylic acids is 1. The van der Waals surface area contributed by atoms with Crippen molar-refractivity contribution in [1.29, 1.82) is 0 Å². The van der Waals surface area contributed by atoms with Crippen molar-refractivity contribution >= 4 is 17.9 Å². The molecular formula is C22H18O3S. The Morgan fingerprint density at radius 2 is 1.46 bits per heavy atom. The molecule has 0 radical (unpaired) electrons. The van der Waals surface area contributed by atoms with Crippen LogP contribution in [0.15, 0.2) is 77.7 Å². The van der Waals surface area contributed by atoms with Crippen LogP contribution in [0.5, 0.6) is 5.75 Å². The van der Waals surface area contributed by atoms with E-state index >= 15 is 0 Å². The number of hydrogen-bond donors (Lipinski definition) is 0. The van der Waals surface area contributed by atoms with Gasteiger partial charge in [-0.25, -0.2) is 4.79 Å². The molecular weight excluding hydrogens is 344 g/mol. The SMILES string of the molecule is CSc1ccc(OC(=O)OCC2c3ccccc3-c3ccccc32)cc1. The number of ether oxygens (including phenoxy) is 2. The molecule has 4 heteroatoms. The van der Waals surface area contributed by atoms with Gasteiger partial charge in [0.2, 0.25) is 0 Å². The van der Waals surface area contributed by atoms with Crippen LogP contribution in [0.1, 0.15) is 17.0 Å². The molecule has 3 aromatic rings. The van der Waals surface area contributed by atoms with Crippen LogP contribution in [0.3, 0.4) is 0 Å². The Bertz CT molecular complexity index is 889. The predicted molar refractivity (Wildman–Crippen MR) is 104 cm³/mol. The number of hydrogen-bond acceptors (Lipinski definition) is 4. The summed E-state index contributed by atoms with van der Waals surface area (Å²) in [6, 6.07) is 23.9. The van der Waals surface area contributed by atoms with Crippen LogP contribution in [0.2, 0.25) is 0 Å². The quantitative estimate of drug-likeness (QED) is 0.337. The van der Waals surface area contributed by atoms with Gasteiger partial charge in [-0.15, -0.1) is 11.8 Å². The molecule has 0 amide bonds. The first-order chi connectivity index (χ1) is 12.8. The van der Waals surface area contributed by atoms with Gasteiger partial charge in [-0.1, -0.05) is 48.5 Å². The summed E-state index contributed by atoms with van der Waals surface area (Å²) < 4.78 is 10.7. The van der Waals surface area contributed by atoms with E-state index in [2.05, 4.69) is 24.3 Å². The zero-order chi connectivity index (χ0) is 17.9. The summed E-state index contributed by atoms with van der Waals surface area (Å²) in [6.07, 6.45) is 1.32. The lowest BCUT2D eigenvalue weighted by atomic mass is 9.98. The lowest BCUT2D eigenvalue weighted by molar-refractivity contribution is 0.0965. The molecule has 0 spiro atoms. The van der Waals surface area contributed by atoms with E-state index in [0.717, 1.165) is 4.90 Å². The molecule has 0 fully saturated rings. The van der Waals surface area contributed by atoms with E-state index in [-0.39, 0.29) is 12.5 Å². The molecule has 1 aliphatic carbocycles. The third-order valence-electron chi connectivity index (χ3n) is 4.59. The average molecular weight is 362 g/mol. The highest BCUT2D eigenvalue weighted by atomic mass is 32.2. The maximum atomic E-state index is 12.1. The molecule has 0 saturated heterocycles. The second kappa shape index (κ2) is 7.26. The maximum Gasteiger partial charge on any atom is 0.513 e. The predicted octanol–water partition coefficient (Wildman–Crippen LogP) is 5.74. The molecule has 0 bridgehead atoms. The van der Waals surface area contributed by atoms with Crippen molar-refractivity contribution in [2.75, 3.05) is 12.9 Å². The average Bonchev–Trinajstić information content (AvgIpc) is 3.01. The highest BCUT2D eigenvalue weighted by Gasteiger charge is 2.29. The van der Waals surface area contributed by atoms with Crippen molar-refractivity contribution in [3.05, 3.63) is 83.9 Å². The zero-order valence-corrected chi connectivity index (χ0v) is 15.2. The number of fused-ring (bicyclic) bond motifs is 3. The Hall–Kier alpha value is -2.72. The minimum Gasteiger partial charge on any atom is -0.433 e. The highest BCUT2D eigenvalue weighted by Crippen LogP contribution is 2.44. The highest BCUT2D eigenvalue weighted by molar-refractivity contribution is 7.98. The molecule has 4 rings (SSSR count). The summed E-state index contributed by atoms with van der Waals surface area (Å²) in [4.78, 5) is 13.2. The van der Waals surface area contributed by atoms with Crippen molar-refractivity contribution in [3.8, 4) is 16.9 Å². The van der Waals surface area contributed by atoms with Crippen LogP contribution < -0.4 is 4.74 Å². The van der Waals surface area contributed by atoms with Gasteiger partial charge in [0.25, 0.3) is 0 Å². The minimum atomic E-state index is -0.677. The van der Waals surface area contributed by atoms with Crippen LogP contribution in [0.25, 0.3) is 11.1 Å². The minimum absolute atomic E-state index is 0.0359. The first-order valence-electron chi connectivity index (χ1n) is 8.43. The molecule has 3 aromatic carbocycles. The third-order valence-corrected chi connectivity index (χ3v) is 5.33. The lowest BCUT2D eigenvalue weighted by Crippen LogP contribution is -2.15. The van der Waals surface area contributed by atoms with E-state index in [1.54, 1.807) is 23.9 Å². The summed E-state index contributed by atoms with van der Waals surface area (Å²) in [6.45, 7) is 0.260. The van der Waals surface area contributed by atoms with Gasteiger partial charge in [0.1, 0.15) is 12.4 Å². The van der Waals surface area contributed by atoms with Crippen molar-refractivity contribution in [2.24, 2.45) is 0 Å². The molecule has 130 valence electrons. The van der Waals surface area contributed by atoms with Gasteiger partial charge in [0, 0.05) is 10.8 Å². The normalized spacial score (nSPS) is 12.3. The molecule has 1 aliphatic rings. The van der Waals surface area contributed by atoms with Crippen LogP contribution in [0.4, 0.5) is 4.79 Å². The first kappa shape index (κ1) is 16.7. The van der Waals surface area contributed by atoms with Crippen LogP contribution in [0, 0.1) is 0 Å². The fourth-order valence-corrected chi connectivity index (χ4v) is 3.77. The maximum absolute atomic E-state index is 12.1. The Morgan fingerprint density at radius 1 is 0.885 bits per heavy atom. The van der Waals surface area contributed by atoms with Gasteiger partial charge in [0.05, 0.1) is 0 Å². The van der Waals surface area contributed by atoms with Crippen LogP contribution >= 0.6 is 11.8 Å². The summed E-state index contributed by atoms with van der Waals surface area (Å²) in [5, 5.41) is 0. The fourth-order valence-electron chi connectivity index (χ4n) is 3.36. The van der Waals surface area contributed by atoms with Crippen molar-refractivity contribution < 1.29 is 14.3 Å². The number of benzene rings is 3. The summed E-state index contributed by atoms with van der Waals surface area (Å²) in [7, 11) is 0. The topological polar surface area (TPSA) is 35.5 Å². The van der Waals surface area contributed by atoms with Gasteiger partial charge < -0.3 is 9.47 Å². The van der Waals surface area contributed by atoms with Gasteiger partial charge in [-0.3, -0.25) is 0 Å². The Morgan fingerprint density at radius 3 is 2.04 bits per heavy atom. The first-order valence-corrected chi connectivity index (χ1v) is 9.65. The van der Waals surface area contributed by atoms with E-state index in [0.29, 0.717) is 5.75 Å². The molecule has 0 unspecified atom stereocenters. The monoisotopic (exact) mass is 362 g/mol. The molecule has 0 atom stereocenters. The Labute approximate surface area is 157 Å². The fraction of sp³-hybridized carbons (Fsp3) is 0.136. The van der Waals surface area contributed by atoms with E-state index in [1.807, 2.05) is 42.7 Å².